The van der Waals surface area contributed by atoms with Crippen LogP contribution in [0.4, 0.5) is 11.4 Å². The summed E-state index contributed by atoms with van der Waals surface area (Å²) in [4.78, 5) is 24.6. The minimum atomic E-state index is -3.61. The van der Waals surface area contributed by atoms with Crippen molar-refractivity contribution in [1.29, 1.82) is 0 Å². The average Bonchev–Trinajstić information content (AvgIpc) is 2.63. The molecule has 2 aromatic carbocycles. The van der Waals surface area contributed by atoms with Crippen molar-refractivity contribution in [2.24, 2.45) is 5.92 Å². The van der Waals surface area contributed by atoms with Crippen LogP contribution in [-0.2, 0) is 14.8 Å². The van der Waals surface area contributed by atoms with Crippen LogP contribution >= 0.6 is 0 Å². The zero-order chi connectivity index (χ0) is 21.8. The zero-order valence-corrected chi connectivity index (χ0v) is 18.1. The average molecular weight is 418 g/mol. The Morgan fingerprint density at radius 2 is 1.52 bits per heavy atom. The standard InChI is InChI=1S/C21H27N3O4S/c1-13(2)20(25)22-17-9-6-15(5)19(12-17)23-21(26)16-7-10-18(11-8-16)29(27,28)24-14(3)4/h6-14,24H,1-5H3,(H,22,25)(H,23,26). The molecule has 0 fully saturated rings. The lowest BCUT2D eigenvalue weighted by Gasteiger charge is -2.13. The van der Waals surface area contributed by atoms with Gasteiger partial charge in [-0.15, -0.1) is 0 Å². The molecule has 0 saturated carbocycles. The Morgan fingerprint density at radius 3 is 2.07 bits per heavy atom. The first-order valence-corrected chi connectivity index (χ1v) is 10.8. The highest BCUT2D eigenvalue weighted by Crippen LogP contribution is 2.22. The van der Waals surface area contributed by atoms with Crippen LogP contribution < -0.4 is 15.4 Å². The van der Waals surface area contributed by atoms with E-state index in [0.29, 0.717) is 16.9 Å². The van der Waals surface area contributed by atoms with Crippen molar-refractivity contribution >= 4 is 33.2 Å². The topological polar surface area (TPSA) is 104 Å². The molecule has 0 aliphatic carbocycles. The first-order chi connectivity index (χ1) is 13.5. The highest BCUT2D eigenvalue weighted by Gasteiger charge is 2.16. The molecule has 2 aromatic rings. The van der Waals surface area contributed by atoms with Gasteiger partial charge in [-0.05, 0) is 62.7 Å². The molecule has 0 unspecified atom stereocenters. The molecule has 0 aliphatic rings. The first-order valence-electron chi connectivity index (χ1n) is 9.35. The van der Waals surface area contributed by atoms with Gasteiger partial charge in [0, 0.05) is 28.9 Å². The third-order valence-electron chi connectivity index (χ3n) is 4.10. The number of nitrogens with one attached hydrogen (secondary N) is 3. The summed E-state index contributed by atoms with van der Waals surface area (Å²) in [5, 5.41) is 5.60. The van der Waals surface area contributed by atoms with Crippen LogP contribution in [0.15, 0.2) is 47.4 Å². The molecular formula is C21H27N3O4S. The molecule has 156 valence electrons. The lowest BCUT2D eigenvalue weighted by molar-refractivity contribution is -0.118. The van der Waals surface area contributed by atoms with Crippen LogP contribution in [-0.4, -0.2) is 26.3 Å². The Morgan fingerprint density at radius 1 is 0.897 bits per heavy atom. The van der Waals surface area contributed by atoms with Crippen LogP contribution in [0, 0.1) is 12.8 Å². The van der Waals surface area contributed by atoms with E-state index in [1.54, 1.807) is 45.9 Å². The normalized spacial score (nSPS) is 11.6. The van der Waals surface area contributed by atoms with Crippen molar-refractivity contribution in [3.8, 4) is 0 Å². The van der Waals surface area contributed by atoms with Crippen molar-refractivity contribution < 1.29 is 18.0 Å². The maximum atomic E-state index is 12.6. The third-order valence-corrected chi connectivity index (χ3v) is 5.77. The number of carbonyl (C=O) groups excluding carboxylic acids is 2. The maximum absolute atomic E-state index is 12.6. The fourth-order valence-electron chi connectivity index (χ4n) is 2.48. The number of sulfonamides is 1. The van der Waals surface area contributed by atoms with E-state index in [2.05, 4.69) is 15.4 Å². The van der Waals surface area contributed by atoms with Gasteiger partial charge in [0.1, 0.15) is 0 Å². The summed E-state index contributed by atoms with van der Waals surface area (Å²) in [5.41, 5.74) is 2.31. The SMILES string of the molecule is Cc1ccc(NC(=O)C(C)C)cc1NC(=O)c1ccc(S(=O)(=O)NC(C)C)cc1. The summed E-state index contributed by atoms with van der Waals surface area (Å²) in [6.45, 7) is 8.91. The molecule has 29 heavy (non-hydrogen) atoms. The lowest BCUT2D eigenvalue weighted by atomic mass is 10.1. The fraction of sp³-hybridized carbons (Fsp3) is 0.333. The number of aryl methyl sites for hydroxylation is 1. The quantitative estimate of drug-likeness (QED) is 0.641. The van der Waals surface area contributed by atoms with Crippen molar-refractivity contribution in [3.05, 3.63) is 53.6 Å². The van der Waals surface area contributed by atoms with E-state index in [1.807, 2.05) is 6.92 Å². The van der Waals surface area contributed by atoms with E-state index in [1.165, 1.54) is 24.3 Å². The molecule has 2 rings (SSSR count). The summed E-state index contributed by atoms with van der Waals surface area (Å²) in [6, 6.07) is 10.8. The molecule has 0 aliphatic heterocycles. The number of carbonyl (C=O) groups is 2. The molecule has 0 spiro atoms. The van der Waals surface area contributed by atoms with Gasteiger partial charge < -0.3 is 10.6 Å². The van der Waals surface area contributed by atoms with Gasteiger partial charge in [-0.1, -0.05) is 19.9 Å². The van der Waals surface area contributed by atoms with E-state index >= 15 is 0 Å². The largest absolute Gasteiger partial charge is 0.326 e. The molecule has 7 nitrogen and oxygen atoms in total. The van der Waals surface area contributed by atoms with Crippen LogP contribution in [0.25, 0.3) is 0 Å². The van der Waals surface area contributed by atoms with Gasteiger partial charge in [-0.2, -0.15) is 0 Å². The Labute approximate surface area is 172 Å². The molecule has 0 atom stereocenters. The molecule has 3 N–H and O–H groups in total. The highest BCUT2D eigenvalue weighted by molar-refractivity contribution is 7.89. The Hall–Kier alpha value is -2.71. The van der Waals surface area contributed by atoms with Gasteiger partial charge in [-0.3, -0.25) is 9.59 Å². The molecule has 0 saturated heterocycles. The number of benzene rings is 2. The third kappa shape index (κ3) is 6.13. The Kier molecular flexibility index (Phi) is 7.16. The molecule has 0 heterocycles. The predicted octanol–water partition coefficient (Wildman–Crippen LogP) is 3.53. The first kappa shape index (κ1) is 22.6. The predicted molar refractivity (Wildman–Crippen MR) is 114 cm³/mol. The van der Waals surface area contributed by atoms with Gasteiger partial charge in [0.05, 0.1) is 4.90 Å². The summed E-state index contributed by atoms with van der Waals surface area (Å²) >= 11 is 0. The number of hydrogen-bond acceptors (Lipinski definition) is 4. The molecule has 0 radical (unpaired) electrons. The molecule has 0 aromatic heterocycles. The molecule has 2 amide bonds. The van der Waals surface area contributed by atoms with Gasteiger partial charge in [-0.25, -0.2) is 13.1 Å². The molecule has 8 heteroatoms. The van der Waals surface area contributed by atoms with Crippen molar-refractivity contribution in [2.45, 2.75) is 45.6 Å². The molecule has 0 bridgehead atoms. The van der Waals surface area contributed by atoms with Crippen molar-refractivity contribution in [3.63, 3.8) is 0 Å². The van der Waals surface area contributed by atoms with E-state index in [4.69, 9.17) is 0 Å². The zero-order valence-electron chi connectivity index (χ0n) is 17.2. The van der Waals surface area contributed by atoms with Crippen molar-refractivity contribution in [1.82, 2.24) is 4.72 Å². The van der Waals surface area contributed by atoms with Crippen LogP contribution in [0.2, 0.25) is 0 Å². The van der Waals surface area contributed by atoms with E-state index in [-0.39, 0.29) is 28.7 Å². The summed E-state index contributed by atoms with van der Waals surface area (Å²) in [6.07, 6.45) is 0. The van der Waals surface area contributed by atoms with Gasteiger partial charge >= 0.3 is 0 Å². The fourth-order valence-corrected chi connectivity index (χ4v) is 3.73. The van der Waals surface area contributed by atoms with Crippen LogP contribution in [0.5, 0.6) is 0 Å². The van der Waals surface area contributed by atoms with Crippen molar-refractivity contribution in [2.75, 3.05) is 10.6 Å². The second-order valence-electron chi connectivity index (χ2n) is 7.43. The number of anilines is 2. The second-order valence-corrected chi connectivity index (χ2v) is 9.14. The smallest absolute Gasteiger partial charge is 0.255 e. The van der Waals surface area contributed by atoms with E-state index in [0.717, 1.165) is 5.56 Å². The number of amides is 2. The molecular weight excluding hydrogens is 390 g/mol. The second kappa shape index (κ2) is 9.19. The van der Waals surface area contributed by atoms with Crippen LogP contribution in [0.3, 0.4) is 0 Å². The van der Waals surface area contributed by atoms with Gasteiger partial charge in [0.15, 0.2) is 0 Å². The summed E-state index contributed by atoms with van der Waals surface area (Å²) < 4.78 is 26.9. The maximum Gasteiger partial charge on any atom is 0.255 e. The Bertz CT molecular complexity index is 997. The van der Waals surface area contributed by atoms with E-state index in [9.17, 15) is 18.0 Å². The highest BCUT2D eigenvalue weighted by atomic mass is 32.2. The Balaban J connectivity index is 2.17. The minimum Gasteiger partial charge on any atom is -0.326 e. The van der Waals surface area contributed by atoms with Gasteiger partial charge in [0.2, 0.25) is 15.9 Å². The van der Waals surface area contributed by atoms with Crippen LogP contribution in [0.1, 0.15) is 43.6 Å². The monoisotopic (exact) mass is 417 g/mol. The van der Waals surface area contributed by atoms with E-state index < -0.39 is 10.0 Å². The van der Waals surface area contributed by atoms with Gasteiger partial charge in [0.25, 0.3) is 5.91 Å². The minimum absolute atomic E-state index is 0.0947. The summed E-state index contributed by atoms with van der Waals surface area (Å²) in [5.74, 6) is -0.645. The number of rotatable bonds is 7. The summed E-state index contributed by atoms with van der Waals surface area (Å²) in [7, 11) is -3.61. The lowest BCUT2D eigenvalue weighted by Crippen LogP contribution is -2.30. The number of hydrogen-bond donors (Lipinski definition) is 3.